The molecule has 64 valence electrons. The number of aryl methyl sites for hydroxylation is 1. The first-order chi connectivity index (χ1) is 5.74. The predicted molar refractivity (Wildman–Crippen MR) is 46.8 cm³/mol. The van der Waals surface area contributed by atoms with Crippen LogP contribution in [0.5, 0.6) is 0 Å². The van der Waals surface area contributed by atoms with Crippen molar-refractivity contribution in [2.75, 3.05) is 0 Å². The van der Waals surface area contributed by atoms with Crippen molar-refractivity contribution in [2.45, 2.75) is 19.4 Å². The van der Waals surface area contributed by atoms with E-state index < -0.39 is 6.10 Å². The SMILES string of the molecule is Cc1ccc([C@@H](O)CC=O)cc1. The molecule has 12 heavy (non-hydrogen) atoms. The molecule has 0 bridgehead atoms. The number of aliphatic hydroxyl groups is 1. The molecule has 0 fully saturated rings. The maximum Gasteiger partial charge on any atom is 0.122 e. The molecule has 0 spiro atoms. The Kier molecular flexibility index (Phi) is 3.00. The van der Waals surface area contributed by atoms with Crippen LogP contribution in [0.3, 0.4) is 0 Å². The molecule has 0 aromatic heterocycles. The van der Waals surface area contributed by atoms with Gasteiger partial charge in [0.05, 0.1) is 6.10 Å². The second-order valence-electron chi connectivity index (χ2n) is 2.83. The van der Waals surface area contributed by atoms with Crippen LogP contribution in [0.25, 0.3) is 0 Å². The molecular weight excluding hydrogens is 152 g/mol. The molecule has 0 amide bonds. The zero-order valence-corrected chi connectivity index (χ0v) is 7.03. The lowest BCUT2D eigenvalue weighted by molar-refractivity contribution is -0.109. The highest BCUT2D eigenvalue weighted by Crippen LogP contribution is 2.15. The molecular formula is C10H12O2. The molecule has 0 radical (unpaired) electrons. The molecule has 0 heterocycles. The lowest BCUT2D eigenvalue weighted by atomic mass is 10.1. The summed E-state index contributed by atoms with van der Waals surface area (Å²) in [7, 11) is 0. The number of hydrogen-bond donors (Lipinski definition) is 1. The molecule has 0 unspecified atom stereocenters. The minimum Gasteiger partial charge on any atom is -0.388 e. The Labute approximate surface area is 71.8 Å². The van der Waals surface area contributed by atoms with Gasteiger partial charge in [-0.15, -0.1) is 0 Å². The van der Waals surface area contributed by atoms with Gasteiger partial charge in [-0.05, 0) is 12.5 Å². The van der Waals surface area contributed by atoms with Gasteiger partial charge in [0.15, 0.2) is 0 Å². The topological polar surface area (TPSA) is 37.3 Å². The van der Waals surface area contributed by atoms with E-state index in [0.29, 0.717) is 0 Å². The van der Waals surface area contributed by atoms with E-state index in [1.807, 2.05) is 31.2 Å². The Morgan fingerprint density at radius 2 is 2.00 bits per heavy atom. The Morgan fingerprint density at radius 3 is 2.50 bits per heavy atom. The molecule has 2 nitrogen and oxygen atoms in total. The fraction of sp³-hybridized carbons (Fsp3) is 0.300. The number of carbonyl (C=O) groups is 1. The molecule has 0 aliphatic carbocycles. The van der Waals surface area contributed by atoms with Crippen molar-refractivity contribution >= 4 is 6.29 Å². The fourth-order valence-corrected chi connectivity index (χ4v) is 1.02. The lowest BCUT2D eigenvalue weighted by Gasteiger charge is -2.06. The number of hydrogen-bond acceptors (Lipinski definition) is 2. The van der Waals surface area contributed by atoms with Crippen LogP contribution in [-0.2, 0) is 4.79 Å². The van der Waals surface area contributed by atoms with Gasteiger partial charge in [-0.1, -0.05) is 29.8 Å². The average Bonchev–Trinajstić information content (AvgIpc) is 2.06. The van der Waals surface area contributed by atoms with Crippen LogP contribution in [-0.4, -0.2) is 11.4 Å². The summed E-state index contributed by atoms with van der Waals surface area (Å²) in [6.07, 6.45) is 0.247. The number of benzene rings is 1. The zero-order valence-electron chi connectivity index (χ0n) is 7.03. The summed E-state index contributed by atoms with van der Waals surface area (Å²) in [5.74, 6) is 0. The number of rotatable bonds is 3. The Hall–Kier alpha value is -1.15. The summed E-state index contributed by atoms with van der Waals surface area (Å²) in [6.45, 7) is 1.98. The van der Waals surface area contributed by atoms with Gasteiger partial charge in [0, 0.05) is 6.42 Å². The second-order valence-corrected chi connectivity index (χ2v) is 2.83. The standard InChI is InChI=1S/C10H12O2/c1-8-2-4-9(5-3-8)10(12)6-7-11/h2-5,7,10,12H,6H2,1H3/t10-/m0/s1. The monoisotopic (exact) mass is 164 g/mol. The van der Waals surface area contributed by atoms with Crippen LogP contribution < -0.4 is 0 Å². The van der Waals surface area contributed by atoms with Crippen molar-refractivity contribution in [3.63, 3.8) is 0 Å². The van der Waals surface area contributed by atoms with Crippen LogP contribution in [0.4, 0.5) is 0 Å². The molecule has 1 aromatic rings. The highest BCUT2D eigenvalue weighted by molar-refractivity contribution is 5.51. The molecule has 1 rings (SSSR count). The van der Waals surface area contributed by atoms with Gasteiger partial charge >= 0.3 is 0 Å². The van der Waals surface area contributed by atoms with E-state index >= 15 is 0 Å². The zero-order chi connectivity index (χ0) is 8.97. The summed E-state index contributed by atoms with van der Waals surface area (Å²) < 4.78 is 0. The van der Waals surface area contributed by atoms with Crippen molar-refractivity contribution in [3.05, 3.63) is 35.4 Å². The van der Waals surface area contributed by atoms with Gasteiger partial charge in [0.25, 0.3) is 0 Å². The van der Waals surface area contributed by atoms with E-state index in [0.717, 1.165) is 17.4 Å². The fourth-order valence-electron chi connectivity index (χ4n) is 1.02. The average molecular weight is 164 g/mol. The van der Waals surface area contributed by atoms with Crippen LogP contribution in [0.2, 0.25) is 0 Å². The quantitative estimate of drug-likeness (QED) is 0.689. The van der Waals surface area contributed by atoms with Crippen LogP contribution in [0.1, 0.15) is 23.7 Å². The van der Waals surface area contributed by atoms with E-state index in [2.05, 4.69) is 0 Å². The number of aldehydes is 1. The highest BCUT2D eigenvalue weighted by Gasteiger charge is 2.04. The molecule has 1 N–H and O–H groups in total. The van der Waals surface area contributed by atoms with Gasteiger partial charge in [0.1, 0.15) is 6.29 Å². The summed E-state index contributed by atoms with van der Waals surface area (Å²) in [5, 5.41) is 9.38. The first-order valence-corrected chi connectivity index (χ1v) is 3.92. The highest BCUT2D eigenvalue weighted by atomic mass is 16.3. The summed E-state index contributed by atoms with van der Waals surface area (Å²) in [5.41, 5.74) is 1.95. The third-order valence-electron chi connectivity index (χ3n) is 1.78. The molecule has 1 aromatic carbocycles. The largest absolute Gasteiger partial charge is 0.388 e. The van der Waals surface area contributed by atoms with Crippen LogP contribution in [0.15, 0.2) is 24.3 Å². The van der Waals surface area contributed by atoms with Gasteiger partial charge in [-0.2, -0.15) is 0 Å². The van der Waals surface area contributed by atoms with Gasteiger partial charge in [0.2, 0.25) is 0 Å². The lowest BCUT2D eigenvalue weighted by Crippen LogP contribution is -1.97. The van der Waals surface area contributed by atoms with Gasteiger partial charge in [-0.3, -0.25) is 0 Å². The van der Waals surface area contributed by atoms with Gasteiger partial charge in [-0.25, -0.2) is 0 Å². The van der Waals surface area contributed by atoms with E-state index in [-0.39, 0.29) is 6.42 Å². The van der Waals surface area contributed by atoms with Crippen molar-refractivity contribution < 1.29 is 9.90 Å². The summed E-state index contributed by atoms with van der Waals surface area (Å²) in [6, 6.07) is 7.51. The maximum atomic E-state index is 10.1. The molecule has 0 aliphatic heterocycles. The smallest absolute Gasteiger partial charge is 0.122 e. The minimum absolute atomic E-state index is 0.170. The van der Waals surface area contributed by atoms with E-state index in [9.17, 15) is 9.90 Å². The molecule has 1 atom stereocenters. The van der Waals surface area contributed by atoms with E-state index in [1.54, 1.807) is 0 Å². The second kappa shape index (κ2) is 4.02. The molecule has 0 aliphatic rings. The third kappa shape index (κ3) is 2.17. The number of carbonyl (C=O) groups excluding carboxylic acids is 1. The van der Waals surface area contributed by atoms with Crippen molar-refractivity contribution in [3.8, 4) is 0 Å². The van der Waals surface area contributed by atoms with Crippen molar-refractivity contribution in [2.24, 2.45) is 0 Å². The van der Waals surface area contributed by atoms with Crippen LogP contribution in [0, 0.1) is 6.92 Å². The molecule has 2 heteroatoms. The van der Waals surface area contributed by atoms with Crippen molar-refractivity contribution in [1.82, 2.24) is 0 Å². The van der Waals surface area contributed by atoms with E-state index in [4.69, 9.17) is 0 Å². The molecule has 0 saturated carbocycles. The van der Waals surface area contributed by atoms with Crippen LogP contribution >= 0.6 is 0 Å². The normalized spacial score (nSPS) is 12.5. The molecule has 0 saturated heterocycles. The third-order valence-corrected chi connectivity index (χ3v) is 1.78. The van der Waals surface area contributed by atoms with Crippen molar-refractivity contribution in [1.29, 1.82) is 0 Å². The summed E-state index contributed by atoms with van der Waals surface area (Å²) >= 11 is 0. The first-order valence-electron chi connectivity index (χ1n) is 3.92. The first kappa shape index (κ1) is 8.94. The Bertz CT molecular complexity index is 251. The minimum atomic E-state index is -0.650. The Balaban J connectivity index is 2.74. The predicted octanol–water partition coefficient (Wildman–Crippen LogP) is 1.62. The summed E-state index contributed by atoms with van der Waals surface area (Å²) in [4.78, 5) is 10.1. The van der Waals surface area contributed by atoms with Gasteiger partial charge < -0.3 is 9.90 Å². The number of aliphatic hydroxyl groups excluding tert-OH is 1. The Morgan fingerprint density at radius 1 is 1.42 bits per heavy atom. The van der Waals surface area contributed by atoms with E-state index in [1.165, 1.54) is 0 Å². The maximum absolute atomic E-state index is 10.1.